The summed E-state index contributed by atoms with van der Waals surface area (Å²) in [6, 6.07) is 16.5. The Labute approximate surface area is 219 Å². The SMILES string of the molecule is COc1ccc(CNc2cc(Nc3ccccc3OC)nc3c(C(=O)N[C@@H]4CCN(C)C4=O)cnn23)cc1. The van der Waals surface area contributed by atoms with Crippen molar-refractivity contribution in [1.82, 2.24) is 24.8 Å². The van der Waals surface area contributed by atoms with Gasteiger partial charge in [-0.25, -0.2) is 4.98 Å². The number of hydrogen-bond donors (Lipinski definition) is 3. The number of nitrogens with one attached hydrogen (secondary N) is 3. The summed E-state index contributed by atoms with van der Waals surface area (Å²) in [4.78, 5) is 31.8. The zero-order valence-electron chi connectivity index (χ0n) is 21.4. The van der Waals surface area contributed by atoms with Crippen LogP contribution in [-0.4, -0.2) is 65.2 Å². The molecule has 1 aliphatic rings. The Hall–Kier alpha value is -4.80. The van der Waals surface area contributed by atoms with Crippen molar-refractivity contribution in [3.05, 3.63) is 71.9 Å². The Morgan fingerprint density at radius 3 is 2.61 bits per heavy atom. The van der Waals surface area contributed by atoms with Crippen molar-refractivity contribution in [1.29, 1.82) is 0 Å². The van der Waals surface area contributed by atoms with Gasteiger partial charge in [-0.05, 0) is 36.2 Å². The number of methoxy groups -OCH3 is 2. The largest absolute Gasteiger partial charge is 0.497 e. The number of likely N-dealkylation sites (N-methyl/N-ethyl adjacent to an activating group) is 1. The number of nitrogens with zero attached hydrogens (tertiary/aromatic N) is 4. The minimum absolute atomic E-state index is 0.108. The second kappa shape index (κ2) is 10.7. The molecule has 38 heavy (non-hydrogen) atoms. The smallest absolute Gasteiger partial charge is 0.257 e. The number of rotatable bonds is 9. The first-order valence-corrected chi connectivity index (χ1v) is 12.2. The van der Waals surface area contributed by atoms with Crippen LogP contribution in [-0.2, 0) is 11.3 Å². The fraction of sp³-hybridized carbons (Fsp3) is 0.259. The maximum absolute atomic E-state index is 13.2. The molecule has 0 unspecified atom stereocenters. The van der Waals surface area contributed by atoms with Crippen LogP contribution in [0.4, 0.5) is 17.3 Å². The highest BCUT2D eigenvalue weighted by Crippen LogP contribution is 2.28. The van der Waals surface area contributed by atoms with E-state index in [0.29, 0.717) is 42.5 Å². The first-order valence-electron chi connectivity index (χ1n) is 12.2. The standard InChI is InChI=1S/C27H29N7O4/c1-33-13-12-21(27(33)36)31-26(35)19-16-29-34-24(28-15-17-8-10-18(37-2)11-9-17)14-23(32-25(19)34)30-20-6-4-5-7-22(20)38-3/h4-11,14,16,21,28H,12-13,15H2,1-3H3,(H,30,32)(H,31,35)/t21-/m1/s1. The molecule has 1 fully saturated rings. The lowest BCUT2D eigenvalue weighted by atomic mass is 10.2. The third-order valence-corrected chi connectivity index (χ3v) is 6.45. The molecule has 196 valence electrons. The number of likely N-dealkylation sites (tertiary alicyclic amines) is 1. The number of carbonyl (C=O) groups is 2. The van der Waals surface area contributed by atoms with Crippen molar-refractivity contribution in [2.45, 2.75) is 19.0 Å². The molecule has 3 heterocycles. The summed E-state index contributed by atoms with van der Waals surface area (Å²) < 4.78 is 12.3. The molecule has 2 amide bonds. The van der Waals surface area contributed by atoms with E-state index in [2.05, 4.69) is 21.0 Å². The Morgan fingerprint density at radius 1 is 1.11 bits per heavy atom. The molecule has 2 aromatic heterocycles. The molecule has 11 nitrogen and oxygen atoms in total. The first-order chi connectivity index (χ1) is 18.5. The maximum atomic E-state index is 13.2. The molecule has 4 aromatic rings. The Kier molecular flexibility index (Phi) is 6.98. The minimum atomic E-state index is -0.565. The summed E-state index contributed by atoms with van der Waals surface area (Å²) in [5, 5.41) is 13.9. The molecule has 1 atom stereocenters. The van der Waals surface area contributed by atoms with E-state index in [1.807, 2.05) is 54.6 Å². The predicted octanol–water partition coefficient (Wildman–Crippen LogP) is 3.06. The Morgan fingerprint density at radius 2 is 1.89 bits per heavy atom. The normalized spacial score (nSPS) is 15.0. The highest BCUT2D eigenvalue weighted by molar-refractivity contribution is 6.02. The molecule has 0 radical (unpaired) electrons. The summed E-state index contributed by atoms with van der Waals surface area (Å²) in [6.07, 6.45) is 2.02. The topological polar surface area (TPSA) is 122 Å². The van der Waals surface area contributed by atoms with Crippen molar-refractivity contribution in [2.75, 3.05) is 38.4 Å². The van der Waals surface area contributed by atoms with Crippen LogP contribution < -0.4 is 25.4 Å². The average molecular weight is 516 g/mol. The van der Waals surface area contributed by atoms with Gasteiger partial charge in [-0.1, -0.05) is 24.3 Å². The molecule has 1 saturated heterocycles. The molecular weight excluding hydrogens is 486 g/mol. The van der Waals surface area contributed by atoms with Crippen LogP contribution in [0.25, 0.3) is 5.65 Å². The van der Waals surface area contributed by atoms with E-state index in [1.165, 1.54) is 6.20 Å². The van der Waals surface area contributed by atoms with Crippen LogP contribution in [0.15, 0.2) is 60.8 Å². The number of aromatic nitrogens is 3. The second-order valence-electron chi connectivity index (χ2n) is 8.92. The summed E-state index contributed by atoms with van der Waals surface area (Å²) in [6.45, 7) is 1.10. The van der Waals surface area contributed by atoms with Crippen molar-refractivity contribution in [3.63, 3.8) is 0 Å². The summed E-state index contributed by atoms with van der Waals surface area (Å²) in [7, 11) is 4.95. The zero-order chi connectivity index (χ0) is 26.6. The van der Waals surface area contributed by atoms with E-state index in [4.69, 9.17) is 14.5 Å². The third-order valence-electron chi connectivity index (χ3n) is 6.45. The highest BCUT2D eigenvalue weighted by atomic mass is 16.5. The highest BCUT2D eigenvalue weighted by Gasteiger charge is 2.31. The van der Waals surface area contributed by atoms with Gasteiger partial charge in [0, 0.05) is 26.2 Å². The Balaban J connectivity index is 1.48. The van der Waals surface area contributed by atoms with E-state index in [-0.39, 0.29) is 11.5 Å². The number of amides is 2. The van der Waals surface area contributed by atoms with Crippen molar-refractivity contribution in [3.8, 4) is 11.5 Å². The van der Waals surface area contributed by atoms with Gasteiger partial charge in [0.05, 0.1) is 26.1 Å². The number of hydrogen-bond acceptors (Lipinski definition) is 8. The molecule has 0 aliphatic carbocycles. The van der Waals surface area contributed by atoms with Gasteiger partial charge in [0.15, 0.2) is 5.65 Å². The third kappa shape index (κ3) is 5.03. The predicted molar refractivity (Wildman–Crippen MR) is 143 cm³/mol. The Bertz CT molecular complexity index is 1470. The molecule has 3 N–H and O–H groups in total. The van der Waals surface area contributed by atoms with Gasteiger partial charge in [0.25, 0.3) is 5.91 Å². The van der Waals surface area contributed by atoms with Crippen LogP contribution in [0, 0.1) is 0 Å². The van der Waals surface area contributed by atoms with Gasteiger partial charge < -0.3 is 30.3 Å². The summed E-state index contributed by atoms with van der Waals surface area (Å²) in [5.41, 5.74) is 2.36. The van der Waals surface area contributed by atoms with Crippen LogP contribution in [0.3, 0.4) is 0 Å². The van der Waals surface area contributed by atoms with Gasteiger partial charge in [-0.3, -0.25) is 9.59 Å². The van der Waals surface area contributed by atoms with E-state index >= 15 is 0 Å². The maximum Gasteiger partial charge on any atom is 0.257 e. The van der Waals surface area contributed by atoms with Crippen molar-refractivity contribution < 1.29 is 19.1 Å². The lowest BCUT2D eigenvalue weighted by Gasteiger charge is -2.14. The molecule has 1 aliphatic heterocycles. The lowest BCUT2D eigenvalue weighted by Crippen LogP contribution is -2.40. The van der Waals surface area contributed by atoms with Crippen molar-refractivity contribution in [2.24, 2.45) is 0 Å². The number of fused-ring (bicyclic) bond motifs is 1. The summed E-state index contributed by atoms with van der Waals surface area (Å²) >= 11 is 0. The van der Waals surface area contributed by atoms with Crippen LogP contribution in [0.2, 0.25) is 0 Å². The monoisotopic (exact) mass is 515 g/mol. The van der Waals surface area contributed by atoms with Gasteiger partial charge in [0.1, 0.15) is 34.7 Å². The lowest BCUT2D eigenvalue weighted by molar-refractivity contribution is -0.128. The molecular formula is C27H29N7O4. The molecule has 0 spiro atoms. The molecule has 11 heteroatoms. The number of ether oxygens (including phenoxy) is 2. The van der Waals surface area contributed by atoms with Gasteiger partial charge >= 0.3 is 0 Å². The molecule has 5 rings (SSSR count). The van der Waals surface area contributed by atoms with E-state index in [9.17, 15) is 9.59 Å². The first kappa shape index (κ1) is 24.9. The van der Waals surface area contributed by atoms with Crippen LogP contribution >= 0.6 is 0 Å². The summed E-state index contributed by atoms with van der Waals surface area (Å²) in [5.74, 6) is 2.03. The van der Waals surface area contributed by atoms with Gasteiger partial charge in [-0.2, -0.15) is 9.61 Å². The van der Waals surface area contributed by atoms with Crippen LogP contribution in [0.5, 0.6) is 11.5 Å². The molecule has 2 aromatic carbocycles. The number of carbonyl (C=O) groups excluding carboxylic acids is 2. The fourth-order valence-electron chi connectivity index (χ4n) is 4.33. The minimum Gasteiger partial charge on any atom is -0.497 e. The van der Waals surface area contributed by atoms with Crippen LogP contribution in [0.1, 0.15) is 22.3 Å². The number of benzene rings is 2. The van der Waals surface area contributed by atoms with E-state index in [0.717, 1.165) is 17.0 Å². The zero-order valence-corrected chi connectivity index (χ0v) is 21.4. The van der Waals surface area contributed by atoms with Crippen molar-refractivity contribution >= 4 is 34.8 Å². The number of para-hydroxylation sites is 2. The second-order valence-corrected chi connectivity index (χ2v) is 8.92. The van der Waals surface area contributed by atoms with E-state index < -0.39 is 11.9 Å². The van der Waals surface area contributed by atoms with E-state index in [1.54, 1.807) is 30.7 Å². The number of anilines is 3. The van der Waals surface area contributed by atoms with Gasteiger partial charge in [-0.15, -0.1) is 0 Å². The molecule has 0 bridgehead atoms. The van der Waals surface area contributed by atoms with Gasteiger partial charge in [0.2, 0.25) is 5.91 Å². The molecule has 0 saturated carbocycles. The fourth-order valence-corrected chi connectivity index (χ4v) is 4.33. The average Bonchev–Trinajstić information content (AvgIpc) is 3.51. The quantitative estimate of drug-likeness (QED) is 0.311.